The van der Waals surface area contributed by atoms with Crippen LogP contribution in [0.5, 0.6) is 0 Å². The average Bonchev–Trinajstić information content (AvgIpc) is 2.29. The number of likely N-dealkylation sites (N-methyl/N-ethyl adjacent to an activating group) is 1. The number of hydrogen-bond donors (Lipinski definition) is 1. The maximum absolute atomic E-state index is 5.85. The van der Waals surface area contributed by atoms with Gasteiger partial charge in [0.1, 0.15) is 5.82 Å². The van der Waals surface area contributed by atoms with Gasteiger partial charge in [-0.05, 0) is 25.5 Å². The van der Waals surface area contributed by atoms with E-state index in [4.69, 9.17) is 5.73 Å². The highest BCUT2D eigenvalue weighted by molar-refractivity contribution is 6.03. The van der Waals surface area contributed by atoms with Gasteiger partial charge in [-0.15, -0.1) is 0 Å². The molecule has 0 aliphatic rings. The van der Waals surface area contributed by atoms with E-state index in [2.05, 4.69) is 31.7 Å². The van der Waals surface area contributed by atoms with E-state index < -0.39 is 0 Å². The van der Waals surface area contributed by atoms with E-state index in [0.29, 0.717) is 11.4 Å². The van der Waals surface area contributed by atoms with E-state index >= 15 is 0 Å². The first kappa shape index (κ1) is 15.2. The van der Waals surface area contributed by atoms with Gasteiger partial charge in [0.2, 0.25) is 0 Å². The third kappa shape index (κ3) is 5.20. The third-order valence-corrected chi connectivity index (χ3v) is 2.33. The summed E-state index contributed by atoms with van der Waals surface area (Å²) in [5, 5.41) is 0. The second-order valence-corrected chi connectivity index (χ2v) is 3.91. The number of allylic oxidation sites excluding steroid dienone is 3. The fourth-order valence-corrected chi connectivity index (χ4v) is 1.29. The molecule has 0 radical (unpaired) electrons. The molecule has 3 nitrogen and oxygen atoms in total. The summed E-state index contributed by atoms with van der Waals surface area (Å²) in [5.74, 6) is 0.731. The molecule has 0 aromatic carbocycles. The van der Waals surface area contributed by atoms with Gasteiger partial charge < -0.3 is 10.6 Å². The van der Waals surface area contributed by atoms with Gasteiger partial charge in [-0.1, -0.05) is 32.2 Å². The Morgan fingerprint density at radius 2 is 1.88 bits per heavy atom. The summed E-state index contributed by atoms with van der Waals surface area (Å²) in [6.07, 6.45) is 4.25. The van der Waals surface area contributed by atoms with Crippen LogP contribution in [0.15, 0.2) is 54.0 Å². The summed E-state index contributed by atoms with van der Waals surface area (Å²) in [4.78, 5) is 6.40. The molecule has 2 N–H and O–H groups in total. The quantitative estimate of drug-likeness (QED) is 0.542. The van der Waals surface area contributed by atoms with Crippen molar-refractivity contribution in [3.05, 3.63) is 49.0 Å². The fraction of sp³-hybridized carbons (Fsp3) is 0.357. The standard InChI is InChI=1S/C14H23N3/c1-7-11(4)10-17(6)14(12(5)15)16-13(8-2)9-3/h8-9H,2-4,7,10,15H2,1,5-6H3/b14-12-. The van der Waals surface area contributed by atoms with Crippen LogP contribution in [-0.2, 0) is 0 Å². The van der Waals surface area contributed by atoms with E-state index in [1.165, 1.54) is 0 Å². The molecule has 0 bridgehead atoms. The topological polar surface area (TPSA) is 41.6 Å². The van der Waals surface area contributed by atoms with Crippen LogP contribution < -0.4 is 5.73 Å². The normalized spacial score (nSPS) is 11.2. The molecule has 0 saturated heterocycles. The Morgan fingerprint density at radius 3 is 2.24 bits per heavy atom. The lowest BCUT2D eigenvalue weighted by Gasteiger charge is -2.21. The van der Waals surface area contributed by atoms with Crippen LogP contribution in [0, 0.1) is 0 Å². The molecule has 0 aliphatic carbocycles. The Labute approximate surface area is 105 Å². The maximum Gasteiger partial charge on any atom is 0.147 e. The molecule has 0 amide bonds. The van der Waals surface area contributed by atoms with Gasteiger partial charge in [-0.3, -0.25) is 0 Å². The van der Waals surface area contributed by atoms with Crippen molar-refractivity contribution in [2.75, 3.05) is 13.6 Å². The molecule has 0 heterocycles. The lowest BCUT2D eigenvalue weighted by Crippen LogP contribution is -2.22. The van der Waals surface area contributed by atoms with Crippen LogP contribution in [0.4, 0.5) is 0 Å². The van der Waals surface area contributed by atoms with E-state index in [1.54, 1.807) is 12.2 Å². The first-order chi connectivity index (χ1) is 7.96. The Bertz CT molecular complexity index is 348. The predicted octanol–water partition coefficient (Wildman–Crippen LogP) is 2.85. The zero-order valence-corrected chi connectivity index (χ0v) is 11.2. The van der Waals surface area contributed by atoms with Crippen molar-refractivity contribution in [1.82, 2.24) is 4.90 Å². The minimum atomic E-state index is 0.664. The highest BCUT2D eigenvalue weighted by Gasteiger charge is 2.07. The molecule has 0 aliphatic heterocycles. The molecule has 0 saturated carbocycles. The lowest BCUT2D eigenvalue weighted by molar-refractivity contribution is 0.439. The molecule has 94 valence electrons. The van der Waals surface area contributed by atoms with Crippen LogP contribution >= 0.6 is 0 Å². The largest absolute Gasteiger partial charge is 0.399 e. The highest BCUT2D eigenvalue weighted by atomic mass is 15.2. The van der Waals surface area contributed by atoms with Crippen molar-refractivity contribution >= 4 is 5.71 Å². The molecule has 0 unspecified atom stereocenters. The molecule has 0 aromatic heterocycles. The Hall–Kier alpha value is -1.77. The number of hydrogen-bond acceptors (Lipinski definition) is 3. The van der Waals surface area contributed by atoms with Gasteiger partial charge in [0, 0.05) is 19.3 Å². The summed E-state index contributed by atoms with van der Waals surface area (Å²) in [5.41, 5.74) is 8.36. The Kier molecular flexibility index (Phi) is 6.71. The Balaban J connectivity index is 5.08. The molecule has 0 aromatic rings. The van der Waals surface area contributed by atoms with Crippen LogP contribution in [0.3, 0.4) is 0 Å². The number of rotatable bonds is 7. The molecular weight excluding hydrogens is 210 g/mol. The highest BCUT2D eigenvalue weighted by Crippen LogP contribution is 2.11. The minimum absolute atomic E-state index is 0.664. The number of nitrogens with zero attached hydrogens (tertiary/aromatic N) is 2. The monoisotopic (exact) mass is 233 g/mol. The molecule has 0 fully saturated rings. The van der Waals surface area contributed by atoms with Crippen molar-refractivity contribution < 1.29 is 0 Å². The van der Waals surface area contributed by atoms with Gasteiger partial charge in [0.15, 0.2) is 0 Å². The summed E-state index contributed by atoms with van der Waals surface area (Å²) in [6, 6.07) is 0. The molecule has 0 spiro atoms. The molecule has 0 atom stereocenters. The Morgan fingerprint density at radius 1 is 1.35 bits per heavy atom. The summed E-state index contributed by atoms with van der Waals surface area (Å²) >= 11 is 0. The van der Waals surface area contributed by atoms with Crippen LogP contribution in [0.2, 0.25) is 0 Å². The van der Waals surface area contributed by atoms with E-state index in [-0.39, 0.29) is 0 Å². The first-order valence-corrected chi connectivity index (χ1v) is 5.63. The minimum Gasteiger partial charge on any atom is -0.399 e. The van der Waals surface area contributed by atoms with Crippen molar-refractivity contribution in [2.45, 2.75) is 20.3 Å². The molecule has 3 heteroatoms. The fourth-order valence-electron chi connectivity index (χ4n) is 1.29. The maximum atomic E-state index is 5.85. The SMILES string of the molecule is C=CC(C=C)=N/C(=C(\C)N)N(C)CC(=C)CC. The second-order valence-electron chi connectivity index (χ2n) is 3.91. The number of nitrogens with two attached hydrogens (primary N) is 1. The van der Waals surface area contributed by atoms with E-state index in [0.717, 1.165) is 24.4 Å². The van der Waals surface area contributed by atoms with Crippen molar-refractivity contribution in [1.29, 1.82) is 0 Å². The van der Waals surface area contributed by atoms with Gasteiger partial charge >= 0.3 is 0 Å². The van der Waals surface area contributed by atoms with Crippen molar-refractivity contribution in [3.8, 4) is 0 Å². The second kappa shape index (κ2) is 7.49. The third-order valence-electron chi connectivity index (χ3n) is 2.33. The van der Waals surface area contributed by atoms with Gasteiger partial charge in [-0.2, -0.15) is 0 Å². The average molecular weight is 233 g/mol. The zero-order chi connectivity index (χ0) is 13.4. The first-order valence-electron chi connectivity index (χ1n) is 5.63. The van der Waals surface area contributed by atoms with Gasteiger partial charge in [-0.25, -0.2) is 4.99 Å². The van der Waals surface area contributed by atoms with Crippen molar-refractivity contribution in [3.63, 3.8) is 0 Å². The van der Waals surface area contributed by atoms with Crippen LogP contribution in [-0.4, -0.2) is 24.2 Å². The molecule has 0 rings (SSSR count). The summed E-state index contributed by atoms with van der Waals surface area (Å²) < 4.78 is 0. The predicted molar refractivity (Wildman–Crippen MR) is 76.8 cm³/mol. The molecular formula is C14H23N3. The number of aliphatic imine (C=N–C) groups is 1. The molecule has 17 heavy (non-hydrogen) atoms. The van der Waals surface area contributed by atoms with Gasteiger partial charge in [0.05, 0.1) is 5.71 Å². The van der Waals surface area contributed by atoms with E-state index in [1.807, 2.05) is 18.9 Å². The van der Waals surface area contributed by atoms with Gasteiger partial charge in [0.25, 0.3) is 0 Å². The van der Waals surface area contributed by atoms with Crippen molar-refractivity contribution in [2.24, 2.45) is 10.7 Å². The summed E-state index contributed by atoms with van der Waals surface area (Å²) in [6.45, 7) is 16.0. The lowest BCUT2D eigenvalue weighted by atomic mass is 10.2. The van der Waals surface area contributed by atoms with Crippen LogP contribution in [0.25, 0.3) is 0 Å². The summed E-state index contributed by atoms with van der Waals surface area (Å²) in [7, 11) is 1.94. The van der Waals surface area contributed by atoms with E-state index in [9.17, 15) is 0 Å². The van der Waals surface area contributed by atoms with Crippen LogP contribution in [0.1, 0.15) is 20.3 Å². The zero-order valence-electron chi connectivity index (χ0n) is 11.2. The smallest absolute Gasteiger partial charge is 0.147 e.